The van der Waals surface area contributed by atoms with Crippen LogP contribution >= 0.6 is 0 Å². The third kappa shape index (κ3) is 6.34. The predicted octanol–water partition coefficient (Wildman–Crippen LogP) is 2.88. The molecular formula is C25H33N3O4S. The molecule has 4 rings (SSSR count). The van der Waals surface area contributed by atoms with Gasteiger partial charge in [-0.25, -0.2) is 8.42 Å². The highest BCUT2D eigenvalue weighted by Gasteiger charge is 2.27. The first kappa shape index (κ1) is 23.7. The maximum atomic E-state index is 12.6. The highest BCUT2D eigenvalue weighted by molar-refractivity contribution is 7.89. The Hall–Kier alpha value is -2.42. The van der Waals surface area contributed by atoms with E-state index in [4.69, 9.17) is 4.74 Å². The van der Waals surface area contributed by atoms with Crippen molar-refractivity contribution in [2.45, 2.75) is 37.1 Å². The lowest BCUT2D eigenvalue weighted by Gasteiger charge is -2.31. The largest absolute Gasteiger partial charge is 0.492 e. The fourth-order valence-corrected chi connectivity index (χ4v) is 5.98. The minimum absolute atomic E-state index is 0.0482. The van der Waals surface area contributed by atoms with E-state index in [1.165, 1.54) is 9.87 Å². The molecule has 2 fully saturated rings. The molecule has 1 N–H and O–H groups in total. The number of likely N-dealkylation sites (tertiary alicyclic amines) is 1. The molecule has 2 aromatic rings. The van der Waals surface area contributed by atoms with E-state index in [1.807, 2.05) is 6.07 Å². The second kappa shape index (κ2) is 11.1. The number of hydrogen-bond acceptors (Lipinski definition) is 5. The van der Waals surface area contributed by atoms with Crippen molar-refractivity contribution in [3.05, 3.63) is 60.2 Å². The number of amides is 1. The number of rotatable bonds is 9. The van der Waals surface area contributed by atoms with E-state index in [9.17, 15) is 13.2 Å². The van der Waals surface area contributed by atoms with Crippen molar-refractivity contribution < 1.29 is 17.9 Å². The fourth-order valence-electron chi connectivity index (χ4n) is 4.47. The average molecular weight is 472 g/mol. The van der Waals surface area contributed by atoms with Gasteiger partial charge in [0.2, 0.25) is 15.9 Å². The summed E-state index contributed by atoms with van der Waals surface area (Å²) < 4.78 is 32.4. The Morgan fingerprint density at radius 2 is 1.61 bits per heavy atom. The zero-order valence-electron chi connectivity index (χ0n) is 19.0. The van der Waals surface area contributed by atoms with Gasteiger partial charge in [-0.15, -0.1) is 0 Å². The number of piperidine rings is 1. The molecule has 0 radical (unpaired) electrons. The van der Waals surface area contributed by atoms with Crippen LogP contribution in [0.5, 0.6) is 5.75 Å². The van der Waals surface area contributed by atoms with E-state index < -0.39 is 10.0 Å². The van der Waals surface area contributed by atoms with Gasteiger partial charge in [-0.2, -0.15) is 4.31 Å². The van der Waals surface area contributed by atoms with Crippen LogP contribution in [0, 0.1) is 5.92 Å². The van der Waals surface area contributed by atoms with Crippen LogP contribution in [0.15, 0.2) is 59.5 Å². The fraction of sp³-hybridized carbons (Fsp3) is 0.480. The Balaban J connectivity index is 1.15. The SMILES string of the molecule is O=C(NCCOc1ccc(S(=O)(=O)N2CCCC2)cc1)C1CCN(Cc2ccccc2)CC1. The summed E-state index contributed by atoms with van der Waals surface area (Å²) in [7, 11) is -3.41. The number of nitrogens with one attached hydrogen (secondary N) is 1. The molecule has 8 heteroatoms. The molecule has 2 saturated heterocycles. The number of nitrogens with zero attached hydrogens (tertiary/aromatic N) is 2. The smallest absolute Gasteiger partial charge is 0.243 e. The van der Waals surface area contributed by atoms with Gasteiger partial charge in [0.25, 0.3) is 0 Å². The van der Waals surface area contributed by atoms with Crippen molar-refractivity contribution in [2.24, 2.45) is 5.92 Å². The van der Waals surface area contributed by atoms with Gasteiger partial charge in [0.05, 0.1) is 11.4 Å². The molecule has 7 nitrogen and oxygen atoms in total. The monoisotopic (exact) mass is 471 g/mol. The van der Waals surface area contributed by atoms with Crippen molar-refractivity contribution in [1.82, 2.24) is 14.5 Å². The van der Waals surface area contributed by atoms with Gasteiger partial charge in [0, 0.05) is 25.6 Å². The predicted molar refractivity (Wildman–Crippen MR) is 127 cm³/mol. The second-order valence-corrected chi connectivity index (χ2v) is 10.7. The Bertz CT molecular complexity index is 998. The first-order chi connectivity index (χ1) is 16.0. The normalized spacial score (nSPS) is 18.3. The summed E-state index contributed by atoms with van der Waals surface area (Å²) in [6.45, 7) is 4.74. The molecule has 2 aliphatic heterocycles. The van der Waals surface area contributed by atoms with Gasteiger partial charge in [-0.3, -0.25) is 9.69 Å². The molecule has 1 amide bonds. The molecular weight excluding hydrogens is 438 g/mol. The molecule has 0 atom stereocenters. The van der Waals surface area contributed by atoms with Crippen LogP contribution in [0.4, 0.5) is 0 Å². The van der Waals surface area contributed by atoms with Crippen LogP contribution in [-0.2, 0) is 21.4 Å². The third-order valence-corrected chi connectivity index (χ3v) is 8.32. The lowest BCUT2D eigenvalue weighted by molar-refractivity contribution is -0.126. The van der Waals surface area contributed by atoms with Crippen LogP contribution in [0.25, 0.3) is 0 Å². The third-order valence-electron chi connectivity index (χ3n) is 6.40. The zero-order chi connectivity index (χ0) is 23.1. The van der Waals surface area contributed by atoms with E-state index in [-0.39, 0.29) is 11.8 Å². The Morgan fingerprint density at radius 3 is 2.27 bits per heavy atom. The van der Waals surface area contributed by atoms with Gasteiger partial charge in [0.15, 0.2) is 0 Å². The number of carbonyl (C=O) groups is 1. The van der Waals surface area contributed by atoms with Crippen molar-refractivity contribution in [1.29, 1.82) is 0 Å². The summed E-state index contributed by atoms with van der Waals surface area (Å²) in [5.74, 6) is 0.732. The van der Waals surface area contributed by atoms with E-state index in [2.05, 4.69) is 34.5 Å². The maximum Gasteiger partial charge on any atom is 0.243 e. The van der Waals surface area contributed by atoms with Gasteiger partial charge in [-0.1, -0.05) is 30.3 Å². The first-order valence-electron chi connectivity index (χ1n) is 11.8. The molecule has 0 bridgehead atoms. The number of sulfonamides is 1. The molecule has 0 aliphatic carbocycles. The van der Waals surface area contributed by atoms with E-state index in [0.29, 0.717) is 36.9 Å². The molecule has 0 spiro atoms. The van der Waals surface area contributed by atoms with E-state index in [0.717, 1.165) is 45.3 Å². The topological polar surface area (TPSA) is 78.9 Å². The summed E-state index contributed by atoms with van der Waals surface area (Å²) in [5.41, 5.74) is 1.30. The van der Waals surface area contributed by atoms with Crippen LogP contribution in [0.1, 0.15) is 31.2 Å². The molecule has 0 saturated carbocycles. The summed E-state index contributed by atoms with van der Waals surface area (Å²) in [5, 5.41) is 2.97. The quantitative estimate of drug-likeness (QED) is 0.569. The minimum atomic E-state index is -3.41. The van der Waals surface area contributed by atoms with Crippen LogP contribution in [0.3, 0.4) is 0 Å². The number of benzene rings is 2. The molecule has 2 heterocycles. The van der Waals surface area contributed by atoms with Crippen LogP contribution in [-0.4, -0.2) is 62.9 Å². The molecule has 2 aromatic carbocycles. The van der Waals surface area contributed by atoms with Gasteiger partial charge >= 0.3 is 0 Å². The van der Waals surface area contributed by atoms with E-state index in [1.54, 1.807) is 24.3 Å². The van der Waals surface area contributed by atoms with Crippen LogP contribution < -0.4 is 10.1 Å². The maximum absolute atomic E-state index is 12.6. The number of carbonyl (C=O) groups excluding carboxylic acids is 1. The second-order valence-electron chi connectivity index (χ2n) is 8.76. The highest BCUT2D eigenvalue weighted by Crippen LogP contribution is 2.23. The summed E-state index contributed by atoms with van der Waals surface area (Å²) in [6.07, 6.45) is 3.57. The van der Waals surface area contributed by atoms with Crippen molar-refractivity contribution in [2.75, 3.05) is 39.3 Å². The molecule has 0 unspecified atom stereocenters. The molecule has 33 heavy (non-hydrogen) atoms. The number of hydrogen-bond donors (Lipinski definition) is 1. The van der Waals surface area contributed by atoms with Gasteiger partial charge in [0.1, 0.15) is 12.4 Å². The minimum Gasteiger partial charge on any atom is -0.492 e. The lowest BCUT2D eigenvalue weighted by Crippen LogP contribution is -2.41. The van der Waals surface area contributed by atoms with E-state index >= 15 is 0 Å². The summed E-state index contributed by atoms with van der Waals surface area (Å²) >= 11 is 0. The Labute approximate surface area is 196 Å². The molecule has 2 aliphatic rings. The highest BCUT2D eigenvalue weighted by atomic mass is 32.2. The van der Waals surface area contributed by atoms with Crippen LogP contribution in [0.2, 0.25) is 0 Å². The zero-order valence-corrected chi connectivity index (χ0v) is 19.8. The lowest BCUT2D eigenvalue weighted by atomic mass is 9.95. The first-order valence-corrected chi connectivity index (χ1v) is 13.2. The number of ether oxygens (including phenoxy) is 1. The summed E-state index contributed by atoms with van der Waals surface area (Å²) in [6, 6.07) is 16.9. The van der Waals surface area contributed by atoms with Crippen molar-refractivity contribution >= 4 is 15.9 Å². The Kier molecular flexibility index (Phi) is 8.01. The molecule has 0 aromatic heterocycles. The average Bonchev–Trinajstić information content (AvgIpc) is 3.39. The molecule has 178 valence electrons. The van der Waals surface area contributed by atoms with Gasteiger partial charge in [-0.05, 0) is 68.6 Å². The Morgan fingerprint density at radius 1 is 0.939 bits per heavy atom. The standard InChI is InChI=1S/C25H33N3O4S/c29-25(22-12-17-27(18-13-22)20-21-6-2-1-3-7-21)26-14-19-32-23-8-10-24(11-9-23)33(30,31)28-15-4-5-16-28/h1-3,6-11,22H,4-5,12-20H2,(H,26,29). The van der Waals surface area contributed by atoms with Crippen molar-refractivity contribution in [3.63, 3.8) is 0 Å². The van der Waals surface area contributed by atoms with Crippen molar-refractivity contribution in [3.8, 4) is 5.75 Å². The summed E-state index contributed by atoms with van der Waals surface area (Å²) in [4.78, 5) is 15.2. The van der Waals surface area contributed by atoms with Gasteiger partial charge < -0.3 is 10.1 Å².